The zero-order valence-electron chi connectivity index (χ0n) is 16.2. The lowest BCUT2D eigenvalue weighted by Gasteiger charge is -2.19. The minimum absolute atomic E-state index is 0.202. The highest BCUT2D eigenvalue weighted by molar-refractivity contribution is 5.81. The summed E-state index contributed by atoms with van der Waals surface area (Å²) in [6, 6.07) is 0. The molecule has 24 heavy (non-hydrogen) atoms. The fraction of sp³-hybridized carbons (Fsp3) is 0.864. The Morgan fingerprint density at radius 3 is 2.21 bits per heavy atom. The number of rotatable bonds is 14. The molecule has 0 saturated heterocycles. The molecule has 0 bridgehead atoms. The molecule has 140 valence electrons. The number of unbranched alkanes of at least 4 members (excludes halogenated alkanes) is 7. The van der Waals surface area contributed by atoms with Crippen LogP contribution in [-0.2, 0) is 9.53 Å². The molecule has 1 aliphatic rings. The van der Waals surface area contributed by atoms with Crippen molar-refractivity contribution in [3.8, 4) is 0 Å². The summed E-state index contributed by atoms with van der Waals surface area (Å²) >= 11 is 0. The summed E-state index contributed by atoms with van der Waals surface area (Å²) < 4.78 is 4.89. The van der Waals surface area contributed by atoms with Crippen LogP contribution < -0.4 is 0 Å². The monoisotopic (exact) mass is 336 g/mol. The van der Waals surface area contributed by atoms with E-state index in [-0.39, 0.29) is 5.97 Å². The van der Waals surface area contributed by atoms with Crippen molar-refractivity contribution in [3.05, 3.63) is 12.2 Å². The molecule has 2 heteroatoms. The zero-order valence-corrected chi connectivity index (χ0v) is 16.2. The largest absolute Gasteiger partial charge is 0.463 e. The molecule has 0 heterocycles. The van der Waals surface area contributed by atoms with Crippen LogP contribution >= 0.6 is 0 Å². The highest BCUT2D eigenvalue weighted by Gasteiger charge is 2.25. The molecule has 1 aliphatic carbocycles. The third-order valence-electron chi connectivity index (χ3n) is 5.48. The highest BCUT2D eigenvalue weighted by Crippen LogP contribution is 2.38. The van der Waals surface area contributed by atoms with Crippen LogP contribution in [-0.4, -0.2) is 12.6 Å². The van der Waals surface area contributed by atoms with Gasteiger partial charge in [0.05, 0.1) is 6.61 Å². The lowest BCUT2D eigenvalue weighted by atomic mass is 9.87. The van der Waals surface area contributed by atoms with Gasteiger partial charge in [0.15, 0.2) is 0 Å². The van der Waals surface area contributed by atoms with E-state index >= 15 is 0 Å². The lowest BCUT2D eigenvalue weighted by Crippen LogP contribution is -2.08. The van der Waals surface area contributed by atoms with E-state index in [1.54, 1.807) is 6.08 Å². The van der Waals surface area contributed by atoms with Crippen LogP contribution in [0.3, 0.4) is 0 Å². The van der Waals surface area contributed by atoms with Gasteiger partial charge in [-0.3, -0.25) is 0 Å². The van der Waals surface area contributed by atoms with Crippen molar-refractivity contribution in [1.29, 1.82) is 0 Å². The number of esters is 1. The first-order valence-electron chi connectivity index (χ1n) is 10.6. The Kier molecular flexibility index (Phi) is 12.9. The third kappa shape index (κ3) is 10.2. The van der Waals surface area contributed by atoms with Gasteiger partial charge in [-0.2, -0.15) is 0 Å². The van der Waals surface area contributed by atoms with Gasteiger partial charge < -0.3 is 4.74 Å². The van der Waals surface area contributed by atoms with Crippen molar-refractivity contribution in [2.45, 2.75) is 104 Å². The van der Waals surface area contributed by atoms with Crippen LogP contribution in [0.2, 0.25) is 0 Å². The van der Waals surface area contributed by atoms with Gasteiger partial charge in [0.25, 0.3) is 0 Å². The van der Waals surface area contributed by atoms with Crippen molar-refractivity contribution < 1.29 is 9.53 Å². The van der Waals surface area contributed by atoms with Crippen molar-refractivity contribution in [3.63, 3.8) is 0 Å². The van der Waals surface area contributed by atoms with E-state index in [0.29, 0.717) is 6.61 Å². The first-order valence-corrected chi connectivity index (χ1v) is 10.6. The lowest BCUT2D eigenvalue weighted by molar-refractivity contribution is -0.137. The number of ether oxygens (including phenoxy) is 1. The standard InChI is InChI=1S/C22H40O2/c1-3-5-6-7-8-11-15-20-17-14-18-21(20)16-12-9-10-13-19-22(23)24-4-2/h13,19-21H,3-12,14-18H2,1-2H3/t20-,21-/m0/s1. The second-order valence-corrected chi connectivity index (χ2v) is 7.45. The minimum Gasteiger partial charge on any atom is -0.463 e. The van der Waals surface area contributed by atoms with Gasteiger partial charge in [0, 0.05) is 6.08 Å². The molecule has 0 aromatic rings. The molecule has 2 nitrogen and oxygen atoms in total. The molecular weight excluding hydrogens is 296 g/mol. The molecule has 0 amide bonds. The number of carbonyl (C=O) groups is 1. The topological polar surface area (TPSA) is 26.3 Å². The van der Waals surface area contributed by atoms with Gasteiger partial charge in [0.1, 0.15) is 0 Å². The Balaban J connectivity index is 2.04. The third-order valence-corrected chi connectivity index (χ3v) is 5.48. The zero-order chi connectivity index (χ0) is 17.5. The molecule has 2 atom stereocenters. The van der Waals surface area contributed by atoms with E-state index in [4.69, 9.17) is 4.74 Å². The maximum atomic E-state index is 11.2. The Bertz CT molecular complexity index is 335. The predicted octanol–water partition coefficient (Wildman–Crippen LogP) is 6.83. The summed E-state index contributed by atoms with van der Waals surface area (Å²) in [6.45, 7) is 4.59. The SMILES string of the molecule is CCCCCCCC[C@H]1CCC[C@@H]1CCCCC=CC(=O)OCC. The van der Waals surface area contributed by atoms with Crippen molar-refractivity contribution in [1.82, 2.24) is 0 Å². The van der Waals surface area contributed by atoms with E-state index < -0.39 is 0 Å². The Morgan fingerprint density at radius 2 is 1.54 bits per heavy atom. The van der Waals surface area contributed by atoms with Crippen molar-refractivity contribution in [2.24, 2.45) is 11.8 Å². The van der Waals surface area contributed by atoms with Gasteiger partial charge in [-0.25, -0.2) is 4.79 Å². The summed E-state index contributed by atoms with van der Waals surface area (Å²) in [5.74, 6) is 1.79. The van der Waals surface area contributed by atoms with E-state index in [2.05, 4.69) is 6.92 Å². The first kappa shape index (κ1) is 21.3. The molecule has 1 fully saturated rings. The number of hydrogen-bond acceptors (Lipinski definition) is 2. The van der Waals surface area contributed by atoms with Crippen LogP contribution in [0.15, 0.2) is 12.2 Å². The summed E-state index contributed by atoms with van der Waals surface area (Å²) in [5.41, 5.74) is 0. The fourth-order valence-electron chi connectivity index (χ4n) is 4.10. The second-order valence-electron chi connectivity index (χ2n) is 7.45. The van der Waals surface area contributed by atoms with Gasteiger partial charge in [0.2, 0.25) is 0 Å². The molecule has 1 rings (SSSR count). The van der Waals surface area contributed by atoms with Gasteiger partial charge in [-0.1, -0.05) is 90.0 Å². The molecule has 0 aromatic heterocycles. The molecule has 1 saturated carbocycles. The van der Waals surface area contributed by atoms with Gasteiger partial charge in [-0.15, -0.1) is 0 Å². The van der Waals surface area contributed by atoms with Crippen LogP contribution in [0.1, 0.15) is 104 Å². The van der Waals surface area contributed by atoms with Crippen LogP contribution in [0.4, 0.5) is 0 Å². The first-order chi connectivity index (χ1) is 11.8. The Morgan fingerprint density at radius 1 is 0.917 bits per heavy atom. The van der Waals surface area contributed by atoms with E-state index in [1.165, 1.54) is 83.5 Å². The maximum absolute atomic E-state index is 11.2. The summed E-state index contributed by atoms with van der Waals surface area (Å²) in [7, 11) is 0. The van der Waals surface area contributed by atoms with E-state index in [9.17, 15) is 4.79 Å². The number of hydrogen-bond donors (Lipinski definition) is 0. The fourth-order valence-corrected chi connectivity index (χ4v) is 4.10. The molecule has 0 aromatic carbocycles. The van der Waals surface area contributed by atoms with Crippen LogP contribution in [0.5, 0.6) is 0 Å². The molecule has 0 unspecified atom stereocenters. The smallest absolute Gasteiger partial charge is 0.330 e. The average molecular weight is 337 g/mol. The molecule has 0 radical (unpaired) electrons. The number of allylic oxidation sites excluding steroid dienone is 1. The Labute approximate surface area is 150 Å². The maximum Gasteiger partial charge on any atom is 0.330 e. The normalized spacial score (nSPS) is 20.8. The van der Waals surface area contributed by atoms with Crippen molar-refractivity contribution in [2.75, 3.05) is 6.61 Å². The van der Waals surface area contributed by atoms with Crippen LogP contribution in [0.25, 0.3) is 0 Å². The molecular formula is C22H40O2. The minimum atomic E-state index is -0.202. The second kappa shape index (κ2) is 14.5. The average Bonchev–Trinajstić information content (AvgIpc) is 3.01. The number of carbonyl (C=O) groups excluding carboxylic acids is 1. The molecule has 0 aliphatic heterocycles. The van der Waals surface area contributed by atoms with Crippen molar-refractivity contribution >= 4 is 5.97 Å². The van der Waals surface area contributed by atoms with E-state index in [0.717, 1.165) is 18.3 Å². The summed E-state index contributed by atoms with van der Waals surface area (Å²) in [5, 5.41) is 0. The van der Waals surface area contributed by atoms with Crippen LogP contribution in [0, 0.1) is 11.8 Å². The van der Waals surface area contributed by atoms with E-state index in [1.807, 2.05) is 13.0 Å². The molecule has 0 spiro atoms. The molecule has 0 N–H and O–H groups in total. The quantitative estimate of drug-likeness (QED) is 0.197. The predicted molar refractivity (Wildman–Crippen MR) is 103 cm³/mol. The van der Waals surface area contributed by atoms with Gasteiger partial charge >= 0.3 is 5.97 Å². The highest BCUT2D eigenvalue weighted by atomic mass is 16.5. The van der Waals surface area contributed by atoms with Gasteiger partial charge in [-0.05, 0) is 31.6 Å². The Hall–Kier alpha value is -0.790. The summed E-state index contributed by atoms with van der Waals surface area (Å²) in [6.07, 6.45) is 22.9. The summed E-state index contributed by atoms with van der Waals surface area (Å²) in [4.78, 5) is 11.2.